The molecule has 0 aliphatic carbocycles. The zero-order chi connectivity index (χ0) is 15.0. The molecule has 0 saturated heterocycles. The van der Waals surface area contributed by atoms with Crippen molar-refractivity contribution in [3.8, 4) is 0 Å². The third-order valence-corrected chi connectivity index (χ3v) is 6.89. The maximum atomic E-state index is 6.13. The van der Waals surface area contributed by atoms with Crippen LogP contribution < -0.4 is 5.32 Å². The van der Waals surface area contributed by atoms with E-state index >= 15 is 0 Å². The standard InChI is InChI=1S/C16H17Cl2NS2/c1-9-7-15(12-5-6-20-16(12)21-9)19-10(2)11-3-4-13(17)14(18)8-11/h3-6,8-10,15,19H,7H2,1-2H3/t9-,10?,15?/m0/s1. The van der Waals surface area contributed by atoms with Crippen LogP contribution in [0.4, 0.5) is 0 Å². The second-order valence-electron chi connectivity index (χ2n) is 5.44. The van der Waals surface area contributed by atoms with E-state index in [-0.39, 0.29) is 6.04 Å². The first-order valence-corrected chi connectivity index (χ1v) is 9.51. The molecule has 1 aliphatic rings. The Morgan fingerprint density at radius 2 is 2.05 bits per heavy atom. The molecule has 1 aromatic heterocycles. The molecule has 0 fully saturated rings. The van der Waals surface area contributed by atoms with E-state index in [1.165, 1.54) is 15.3 Å². The minimum atomic E-state index is 0.243. The highest BCUT2D eigenvalue weighted by atomic mass is 35.5. The average Bonchev–Trinajstić information content (AvgIpc) is 2.90. The van der Waals surface area contributed by atoms with Crippen molar-refractivity contribution in [1.29, 1.82) is 0 Å². The van der Waals surface area contributed by atoms with Crippen LogP contribution >= 0.6 is 46.3 Å². The quantitative estimate of drug-likeness (QED) is 0.688. The third kappa shape index (κ3) is 3.43. The molecule has 0 saturated carbocycles. The molecule has 1 aromatic carbocycles. The average molecular weight is 358 g/mol. The Labute approximate surface area is 144 Å². The largest absolute Gasteiger partial charge is 0.303 e. The van der Waals surface area contributed by atoms with Crippen LogP contribution in [-0.2, 0) is 0 Å². The Morgan fingerprint density at radius 3 is 2.81 bits per heavy atom. The zero-order valence-electron chi connectivity index (χ0n) is 11.9. The number of hydrogen-bond acceptors (Lipinski definition) is 3. The molecule has 0 spiro atoms. The molecule has 1 N–H and O–H groups in total. The fraction of sp³-hybridized carbons (Fsp3) is 0.375. The van der Waals surface area contributed by atoms with Crippen molar-refractivity contribution in [2.45, 2.75) is 41.8 Å². The fourth-order valence-electron chi connectivity index (χ4n) is 2.69. The van der Waals surface area contributed by atoms with Gasteiger partial charge in [-0.15, -0.1) is 23.1 Å². The Kier molecular flexibility index (Phi) is 4.87. The predicted molar refractivity (Wildman–Crippen MR) is 95.0 cm³/mol. The van der Waals surface area contributed by atoms with Crippen molar-refractivity contribution in [3.05, 3.63) is 50.8 Å². The van der Waals surface area contributed by atoms with Crippen molar-refractivity contribution in [2.75, 3.05) is 0 Å². The third-order valence-electron chi connectivity index (χ3n) is 3.80. The molecule has 2 unspecified atom stereocenters. The molecule has 3 atom stereocenters. The lowest BCUT2D eigenvalue weighted by atomic mass is 10.0. The van der Waals surface area contributed by atoms with E-state index in [2.05, 4.69) is 30.6 Å². The van der Waals surface area contributed by atoms with Gasteiger partial charge in [-0.25, -0.2) is 0 Å². The summed E-state index contributed by atoms with van der Waals surface area (Å²) in [6, 6.07) is 8.77. The summed E-state index contributed by atoms with van der Waals surface area (Å²) in [6.07, 6.45) is 1.15. The van der Waals surface area contributed by atoms with E-state index in [0.717, 1.165) is 6.42 Å². The van der Waals surface area contributed by atoms with Gasteiger partial charge in [-0.05, 0) is 48.1 Å². The Hall–Kier alpha value is -0.190. The van der Waals surface area contributed by atoms with Crippen LogP contribution in [0.15, 0.2) is 33.9 Å². The van der Waals surface area contributed by atoms with Crippen LogP contribution in [-0.4, -0.2) is 5.25 Å². The number of halogens is 2. The maximum Gasteiger partial charge on any atom is 0.0649 e. The molecule has 2 aromatic rings. The van der Waals surface area contributed by atoms with Crippen molar-refractivity contribution in [3.63, 3.8) is 0 Å². The first-order valence-electron chi connectivity index (χ1n) is 6.99. The first kappa shape index (κ1) is 15.7. The van der Waals surface area contributed by atoms with Gasteiger partial charge in [-0.2, -0.15) is 0 Å². The summed E-state index contributed by atoms with van der Waals surface area (Å²) in [4.78, 5) is 0. The van der Waals surface area contributed by atoms with Crippen LogP contribution in [0.5, 0.6) is 0 Å². The van der Waals surface area contributed by atoms with E-state index in [1.807, 2.05) is 41.3 Å². The lowest BCUT2D eigenvalue weighted by Gasteiger charge is -2.30. The van der Waals surface area contributed by atoms with E-state index in [0.29, 0.717) is 21.3 Å². The van der Waals surface area contributed by atoms with Crippen LogP contribution in [0.3, 0.4) is 0 Å². The van der Waals surface area contributed by atoms with Gasteiger partial charge in [0.2, 0.25) is 0 Å². The molecule has 1 nitrogen and oxygen atoms in total. The summed E-state index contributed by atoms with van der Waals surface area (Å²) in [6.45, 7) is 4.48. The van der Waals surface area contributed by atoms with Gasteiger partial charge in [0.15, 0.2) is 0 Å². The minimum Gasteiger partial charge on any atom is -0.303 e. The second-order valence-corrected chi connectivity index (χ2v) is 8.88. The van der Waals surface area contributed by atoms with Gasteiger partial charge < -0.3 is 5.32 Å². The summed E-state index contributed by atoms with van der Waals surface area (Å²) in [5.41, 5.74) is 2.61. The normalized spacial score (nSPS) is 22.9. The van der Waals surface area contributed by atoms with Crippen molar-refractivity contribution >= 4 is 46.3 Å². The maximum absolute atomic E-state index is 6.13. The minimum absolute atomic E-state index is 0.243. The van der Waals surface area contributed by atoms with Crippen LogP contribution in [0, 0.1) is 0 Å². The number of thioether (sulfide) groups is 1. The van der Waals surface area contributed by atoms with E-state index < -0.39 is 0 Å². The highest BCUT2D eigenvalue weighted by Crippen LogP contribution is 2.44. The number of benzene rings is 1. The van der Waals surface area contributed by atoms with Gasteiger partial charge in [0.05, 0.1) is 14.3 Å². The summed E-state index contributed by atoms with van der Waals surface area (Å²) >= 11 is 16.0. The summed E-state index contributed by atoms with van der Waals surface area (Å²) in [7, 11) is 0. The zero-order valence-corrected chi connectivity index (χ0v) is 15.0. The molecule has 0 bridgehead atoms. The molecular formula is C16H17Cl2NS2. The van der Waals surface area contributed by atoms with E-state index in [4.69, 9.17) is 23.2 Å². The monoisotopic (exact) mass is 357 g/mol. The number of hydrogen-bond donors (Lipinski definition) is 1. The Bertz CT molecular complexity index is 641. The van der Waals surface area contributed by atoms with Gasteiger partial charge in [-0.3, -0.25) is 0 Å². The van der Waals surface area contributed by atoms with Gasteiger partial charge in [0.1, 0.15) is 0 Å². The fourth-order valence-corrected chi connectivity index (χ4v) is 5.56. The van der Waals surface area contributed by atoms with Crippen LogP contribution in [0.25, 0.3) is 0 Å². The molecule has 1 aliphatic heterocycles. The van der Waals surface area contributed by atoms with E-state index in [9.17, 15) is 0 Å². The van der Waals surface area contributed by atoms with Gasteiger partial charge in [-0.1, -0.05) is 36.2 Å². The Balaban J connectivity index is 1.79. The number of nitrogens with one attached hydrogen (secondary N) is 1. The smallest absolute Gasteiger partial charge is 0.0649 e. The van der Waals surface area contributed by atoms with Crippen LogP contribution in [0.2, 0.25) is 10.0 Å². The lowest BCUT2D eigenvalue weighted by molar-refractivity contribution is 0.435. The van der Waals surface area contributed by atoms with Gasteiger partial charge >= 0.3 is 0 Å². The molecule has 0 amide bonds. The predicted octanol–water partition coefficient (Wildman–Crippen LogP) is 6.33. The molecule has 0 radical (unpaired) electrons. The Morgan fingerprint density at radius 1 is 1.24 bits per heavy atom. The lowest BCUT2D eigenvalue weighted by Crippen LogP contribution is -2.28. The van der Waals surface area contributed by atoms with Gasteiger partial charge in [0.25, 0.3) is 0 Å². The SMILES string of the molecule is CC(NC1C[C@H](C)Sc2sccc21)c1ccc(Cl)c(Cl)c1. The molecule has 3 rings (SSSR count). The highest BCUT2D eigenvalue weighted by molar-refractivity contribution is 8.01. The summed E-state index contributed by atoms with van der Waals surface area (Å²) in [5.74, 6) is 0. The molecule has 2 heterocycles. The number of thiophene rings is 1. The molecule has 5 heteroatoms. The number of fused-ring (bicyclic) bond motifs is 1. The summed E-state index contributed by atoms with van der Waals surface area (Å²) in [5, 5.41) is 7.81. The number of rotatable bonds is 3. The molecular weight excluding hydrogens is 341 g/mol. The summed E-state index contributed by atoms with van der Waals surface area (Å²) < 4.78 is 1.45. The molecule has 21 heavy (non-hydrogen) atoms. The topological polar surface area (TPSA) is 12.0 Å². The van der Waals surface area contributed by atoms with Crippen molar-refractivity contribution in [2.24, 2.45) is 0 Å². The van der Waals surface area contributed by atoms with Crippen molar-refractivity contribution in [1.82, 2.24) is 5.32 Å². The van der Waals surface area contributed by atoms with Crippen LogP contribution in [0.1, 0.15) is 43.5 Å². The van der Waals surface area contributed by atoms with Gasteiger partial charge in [0, 0.05) is 17.3 Å². The van der Waals surface area contributed by atoms with E-state index in [1.54, 1.807) is 0 Å². The highest BCUT2D eigenvalue weighted by Gasteiger charge is 2.27. The molecule has 112 valence electrons. The second kappa shape index (κ2) is 6.51. The first-order chi connectivity index (χ1) is 10.0. The van der Waals surface area contributed by atoms with Crippen molar-refractivity contribution < 1.29 is 0 Å².